The number of benzene rings is 1. The molecule has 4 heterocycles. The Balaban J connectivity index is 1.44. The standard InChI is InChI=1S/C24H32N4O4S/c1-26-11-9-19(10-12-26)27-14-17-13-18(16-27)24-22(7-8-23(29)28(24)15-17)25-33(30,31)21-5-3-20(32-2)4-6-21/h3-8,17-19,25H,9-16H2,1-2H3/t17-,18-/m1/s1. The number of anilines is 1. The van der Waals surface area contributed by atoms with E-state index in [0.29, 0.717) is 29.9 Å². The third-order valence-electron chi connectivity index (χ3n) is 7.44. The van der Waals surface area contributed by atoms with Crippen LogP contribution < -0.4 is 15.0 Å². The number of hydrogen-bond donors (Lipinski definition) is 1. The second-order valence-corrected chi connectivity index (χ2v) is 11.3. The van der Waals surface area contributed by atoms with Crippen molar-refractivity contribution in [3.63, 3.8) is 0 Å². The first-order valence-corrected chi connectivity index (χ1v) is 13.2. The molecule has 0 amide bonds. The molecule has 2 saturated heterocycles. The maximum absolute atomic E-state index is 13.1. The molecular formula is C24H32N4O4S. The van der Waals surface area contributed by atoms with Gasteiger partial charge in [0.1, 0.15) is 5.75 Å². The van der Waals surface area contributed by atoms with Gasteiger partial charge in [0.15, 0.2) is 0 Å². The minimum atomic E-state index is -3.79. The van der Waals surface area contributed by atoms with Gasteiger partial charge in [0.2, 0.25) is 0 Å². The third-order valence-corrected chi connectivity index (χ3v) is 8.82. The number of fused-ring (bicyclic) bond motifs is 4. The summed E-state index contributed by atoms with van der Waals surface area (Å²) in [5, 5.41) is 0. The molecular weight excluding hydrogens is 440 g/mol. The van der Waals surface area contributed by atoms with E-state index in [1.807, 2.05) is 0 Å². The Bertz CT molecular complexity index is 1170. The molecule has 9 heteroatoms. The maximum atomic E-state index is 13.1. The highest BCUT2D eigenvalue weighted by Crippen LogP contribution is 2.40. The van der Waals surface area contributed by atoms with Crippen LogP contribution in [0.5, 0.6) is 5.75 Å². The predicted octanol–water partition coefficient (Wildman–Crippen LogP) is 2.17. The number of methoxy groups -OCH3 is 1. The Morgan fingerprint density at radius 3 is 2.42 bits per heavy atom. The molecule has 2 bridgehead atoms. The lowest BCUT2D eigenvalue weighted by Gasteiger charge is -2.47. The summed E-state index contributed by atoms with van der Waals surface area (Å²) in [5.74, 6) is 1.15. The Morgan fingerprint density at radius 2 is 1.73 bits per heavy atom. The average molecular weight is 473 g/mol. The van der Waals surface area contributed by atoms with E-state index in [-0.39, 0.29) is 16.4 Å². The van der Waals surface area contributed by atoms with Gasteiger partial charge in [-0.25, -0.2) is 8.42 Å². The lowest BCUT2D eigenvalue weighted by atomic mass is 9.81. The molecule has 178 valence electrons. The van der Waals surface area contributed by atoms with Crippen LogP contribution in [0.15, 0.2) is 46.1 Å². The van der Waals surface area contributed by atoms with Crippen molar-refractivity contribution in [3.8, 4) is 5.75 Å². The van der Waals surface area contributed by atoms with Crippen LogP contribution in [0, 0.1) is 5.92 Å². The van der Waals surface area contributed by atoms with E-state index >= 15 is 0 Å². The Kier molecular flexibility index (Phi) is 5.96. The van der Waals surface area contributed by atoms with E-state index in [9.17, 15) is 13.2 Å². The second kappa shape index (κ2) is 8.77. The van der Waals surface area contributed by atoms with Crippen molar-refractivity contribution in [2.75, 3.05) is 45.1 Å². The van der Waals surface area contributed by atoms with E-state index < -0.39 is 10.0 Å². The fourth-order valence-corrected chi connectivity index (χ4v) is 6.83. The number of aromatic nitrogens is 1. The summed E-state index contributed by atoms with van der Waals surface area (Å²) < 4.78 is 36.0. The largest absolute Gasteiger partial charge is 0.497 e. The number of nitrogens with one attached hydrogen (secondary N) is 1. The van der Waals surface area contributed by atoms with Gasteiger partial charge < -0.3 is 14.2 Å². The molecule has 0 aliphatic carbocycles. The smallest absolute Gasteiger partial charge is 0.261 e. The van der Waals surface area contributed by atoms with Crippen molar-refractivity contribution < 1.29 is 13.2 Å². The van der Waals surface area contributed by atoms with E-state index in [4.69, 9.17) is 4.74 Å². The highest BCUT2D eigenvalue weighted by Gasteiger charge is 2.39. The zero-order chi connectivity index (χ0) is 23.2. The van der Waals surface area contributed by atoms with Crippen LogP contribution in [0.4, 0.5) is 5.69 Å². The number of nitrogens with zero attached hydrogens (tertiary/aromatic N) is 3. The van der Waals surface area contributed by atoms with Gasteiger partial charge in [0, 0.05) is 43.4 Å². The summed E-state index contributed by atoms with van der Waals surface area (Å²) in [6, 6.07) is 9.99. The van der Waals surface area contributed by atoms with Crippen LogP contribution in [0.1, 0.15) is 30.9 Å². The molecule has 2 aromatic rings. The molecule has 5 rings (SSSR count). The lowest BCUT2D eigenvalue weighted by molar-refractivity contribution is 0.0519. The molecule has 1 aromatic carbocycles. The first-order valence-electron chi connectivity index (χ1n) is 11.7. The van der Waals surface area contributed by atoms with Crippen LogP contribution in [-0.2, 0) is 16.6 Å². The van der Waals surface area contributed by atoms with Crippen molar-refractivity contribution in [1.29, 1.82) is 0 Å². The monoisotopic (exact) mass is 472 g/mol. The van der Waals surface area contributed by atoms with Crippen LogP contribution in [-0.4, -0.2) is 69.2 Å². The number of hydrogen-bond acceptors (Lipinski definition) is 6. The number of sulfonamides is 1. The van der Waals surface area contributed by atoms with Crippen molar-refractivity contribution in [2.24, 2.45) is 5.92 Å². The van der Waals surface area contributed by atoms with Crippen molar-refractivity contribution in [1.82, 2.24) is 14.4 Å². The molecule has 0 unspecified atom stereocenters. The summed E-state index contributed by atoms with van der Waals surface area (Å²) in [4.78, 5) is 17.9. The quantitative estimate of drug-likeness (QED) is 0.718. The van der Waals surface area contributed by atoms with E-state index in [1.54, 1.807) is 29.9 Å². The van der Waals surface area contributed by atoms with Crippen molar-refractivity contribution in [3.05, 3.63) is 52.4 Å². The van der Waals surface area contributed by atoms with Gasteiger partial charge in [-0.3, -0.25) is 14.4 Å². The Hall–Kier alpha value is -2.36. The zero-order valence-electron chi connectivity index (χ0n) is 19.2. The Labute approximate surface area is 195 Å². The maximum Gasteiger partial charge on any atom is 0.261 e. The first kappa shape index (κ1) is 22.4. The molecule has 0 spiro atoms. The highest BCUT2D eigenvalue weighted by molar-refractivity contribution is 7.92. The van der Waals surface area contributed by atoms with Gasteiger partial charge in [-0.1, -0.05) is 0 Å². The molecule has 0 saturated carbocycles. The van der Waals surface area contributed by atoms with Gasteiger partial charge >= 0.3 is 0 Å². The molecule has 1 N–H and O–H groups in total. The zero-order valence-corrected chi connectivity index (χ0v) is 20.1. The summed E-state index contributed by atoms with van der Waals surface area (Å²) in [5.41, 5.74) is 1.28. The van der Waals surface area contributed by atoms with E-state index in [1.165, 1.54) is 18.2 Å². The van der Waals surface area contributed by atoms with Crippen LogP contribution >= 0.6 is 0 Å². The summed E-state index contributed by atoms with van der Waals surface area (Å²) >= 11 is 0. The number of pyridine rings is 1. The number of piperidine rings is 2. The van der Waals surface area contributed by atoms with Crippen molar-refractivity contribution >= 4 is 15.7 Å². The molecule has 3 aliphatic heterocycles. The summed E-state index contributed by atoms with van der Waals surface area (Å²) in [6.45, 7) is 4.75. The molecule has 3 aliphatic rings. The molecule has 2 fully saturated rings. The Morgan fingerprint density at radius 1 is 1.00 bits per heavy atom. The average Bonchev–Trinajstić information content (AvgIpc) is 2.81. The minimum absolute atomic E-state index is 0.0557. The van der Waals surface area contributed by atoms with Gasteiger partial charge in [-0.2, -0.15) is 0 Å². The van der Waals surface area contributed by atoms with E-state index in [0.717, 1.165) is 51.1 Å². The fourth-order valence-electron chi connectivity index (χ4n) is 5.76. The van der Waals surface area contributed by atoms with E-state index in [2.05, 4.69) is 21.6 Å². The van der Waals surface area contributed by atoms with Gasteiger partial charge in [0.25, 0.3) is 15.6 Å². The van der Waals surface area contributed by atoms with Crippen molar-refractivity contribution in [2.45, 2.75) is 42.7 Å². The van der Waals surface area contributed by atoms with Crippen LogP contribution in [0.2, 0.25) is 0 Å². The lowest BCUT2D eigenvalue weighted by Crippen LogP contribution is -2.53. The van der Waals surface area contributed by atoms with Crippen LogP contribution in [0.3, 0.4) is 0 Å². The topological polar surface area (TPSA) is 83.9 Å². The SMILES string of the molecule is COc1ccc(S(=O)(=O)Nc2ccc(=O)n3c2[C@@H]2C[C@H](CN(C4CCN(C)CC4)C2)C3)cc1. The number of rotatable bonds is 5. The summed E-state index contributed by atoms with van der Waals surface area (Å²) in [7, 11) is -0.0766. The molecule has 33 heavy (non-hydrogen) atoms. The van der Waals surface area contributed by atoms with Gasteiger partial charge in [-0.05, 0) is 75.6 Å². The predicted molar refractivity (Wildman–Crippen MR) is 127 cm³/mol. The molecule has 1 aromatic heterocycles. The fraction of sp³-hybridized carbons (Fsp3) is 0.542. The highest BCUT2D eigenvalue weighted by atomic mass is 32.2. The van der Waals surface area contributed by atoms with Crippen LogP contribution in [0.25, 0.3) is 0 Å². The number of ether oxygens (including phenoxy) is 1. The third kappa shape index (κ3) is 4.41. The summed E-state index contributed by atoms with van der Waals surface area (Å²) in [6.07, 6.45) is 3.31. The normalized spacial score (nSPS) is 24.3. The van der Waals surface area contributed by atoms with Gasteiger partial charge in [-0.15, -0.1) is 0 Å². The number of likely N-dealkylation sites (tertiary alicyclic amines) is 2. The second-order valence-electron chi connectivity index (χ2n) is 9.65. The first-order chi connectivity index (χ1) is 15.8. The van der Waals surface area contributed by atoms with Gasteiger partial charge in [0.05, 0.1) is 17.7 Å². The molecule has 8 nitrogen and oxygen atoms in total. The molecule has 2 atom stereocenters. The molecule has 0 radical (unpaired) electrons. The minimum Gasteiger partial charge on any atom is -0.497 e.